The number of hydrogen-bond acceptors (Lipinski definition) is 13. The summed E-state index contributed by atoms with van der Waals surface area (Å²) < 4.78 is 68.7. The maximum Gasteiger partial charge on any atom is 0.308 e. The number of sulfone groups is 1. The van der Waals surface area contributed by atoms with Crippen LogP contribution in [-0.2, 0) is 57.3 Å². The van der Waals surface area contributed by atoms with E-state index in [1.54, 1.807) is 45.0 Å². The number of rotatable bonds is 25. The Hall–Kier alpha value is -2.17. The molecule has 0 saturated carbocycles. The molecule has 0 amide bonds. The third-order valence-corrected chi connectivity index (χ3v) is 6.16. The molecular weight excluding hydrogens is 636 g/mol. The van der Waals surface area contributed by atoms with Crippen molar-refractivity contribution in [2.24, 2.45) is 0 Å². The van der Waals surface area contributed by atoms with E-state index in [9.17, 15) is 18.0 Å². The summed E-state index contributed by atoms with van der Waals surface area (Å²) in [4.78, 5) is 22.2. The van der Waals surface area contributed by atoms with Crippen LogP contribution in [0, 0.1) is 6.92 Å². The molecule has 0 unspecified atom stereocenters. The Bertz CT molecular complexity index is 894. The van der Waals surface area contributed by atoms with Crippen LogP contribution in [0.5, 0.6) is 0 Å². The van der Waals surface area contributed by atoms with Gasteiger partial charge in [0.2, 0.25) is 0 Å². The SMILES string of the molecule is CCCOCCOCCOCCC(=O)OCC.CCOC(=O)CCOCCOCCOCCO.Cc1ccc(S(C)(=O)=O)cc1.[2H]CC. The second-order valence-electron chi connectivity index (χ2n) is 9.09. The van der Waals surface area contributed by atoms with Crippen molar-refractivity contribution in [2.45, 2.75) is 65.7 Å². The van der Waals surface area contributed by atoms with Gasteiger partial charge in [0.25, 0.3) is 0 Å². The van der Waals surface area contributed by atoms with Gasteiger partial charge < -0.3 is 43.0 Å². The van der Waals surface area contributed by atoms with Crippen molar-refractivity contribution >= 4 is 21.8 Å². The first-order valence-electron chi connectivity index (χ1n) is 16.7. The maximum absolute atomic E-state index is 10.9. The second kappa shape index (κ2) is 38.3. The standard InChI is InChI=1S/C12H24O5.C11H22O6.C8H10O2S.C2H6/c1-3-6-14-8-10-16-11-9-15-7-5-12(13)17-4-2;1-2-17-11(13)3-5-14-7-9-16-10-8-15-6-4-12;1-7-3-5-8(6-4-7)11(2,9)10;1-2/h3-11H2,1-2H3;12H,2-10H2,1H3;3-6H,1-2H3;1-2H3/i;;;1D. The normalized spacial score (nSPS) is 10.7. The van der Waals surface area contributed by atoms with Gasteiger partial charge in [0.1, 0.15) is 0 Å². The number of carbonyl (C=O) groups excluding carboxylic acids is 2. The van der Waals surface area contributed by atoms with Crippen LogP contribution < -0.4 is 0 Å². The average Bonchev–Trinajstić information content (AvgIpc) is 3.04. The Labute approximate surface area is 284 Å². The summed E-state index contributed by atoms with van der Waals surface area (Å²) in [5, 5.41) is 8.43. The van der Waals surface area contributed by atoms with Crippen LogP contribution in [0.4, 0.5) is 0 Å². The Balaban J connectivity index is -0.000000618. The fourth-order valence-corrected chi connectivity index (χ4v) is 3.49. The topological polar surface area (TPSA) is 162 Å². The summed E-state index contributed by atoms with van der Waals surface area (Å²) in [6, 6.07) is 6.81. The predicted octanol–water partition coefficient (Wildman–Crippen LogP) is 3.81. The lowest BCUT2D eigenvalue weighted by atomic mass is 10.2. The maximum atomic E-state index is 10.9. The molecule has 0 aliphatic carbocycles. The highest BCUT2D eigenvalue weighted by Gasteiger charge is 2.04. The number of aliphatic hydroxyl groups is 1. The molecule has 0 spiro atoms. The Morgan fingerprint density at radius 3 is 1.32 bits per heavy atom. The number of aryl methyl sites for hydroxylation is 1. The number of aliphatic hydroxyl groups excluding tert-OH is 1. The zero-order valence-electron chi connectivity index (χ0n) is 30.5. The summed E-state index contributed by atoms with van der Waals surface area (Å²) in [5.74, 6) is -0.466. The van der Waals surface area contributed by atoms with E-state index in [0.29, 0.717) is 104 Å². The van der Waals surface area contributed by atoms with Crippen molar-refractivity contribution in [1.82, 2.24) is 0 Å². The van der Waals surface area contributed by atoms with Crippen LogP contribution in [0.25, 0.3) is 0 Å². The summed E-state index contributed by atoms with van der Waals surface area (Å²) in [6.45, 7) is 16.6. The monoisotopic (exact) mass is 699 g/mol. The largest absolute Gasteiger partial charge is 0.466 e. The second-order valence-corrected chi connectivity index (χ2v) is 11.1. The van der Waals surface area contributed by atoms with E-state index in [4.69, 9.17) is 44.4 Å². The average molecular weight is 700 g/mol. The fourth-order valence-electron chi connectivity index (χ4n) is 2.86. The zero-order valence-corrected chi connectivity index (χ0v) is 30.3. The first-order chi connectivity index (χ1) is 23.0. The van der Waals surface area contributed by atoms with Gasteiger partial charge in [-0.2, -0.15) is 0 Å². The van der Waals surface area contributed by atoms with Crippen LogP contribution in [0.15, 0.2) is 29.2 Å². The molecule has 0 fully saturated rings. The molecule has 0 aliphatic heterocycles. The first kappa shape index (κ1) is 46.9. The molecule has 0 aliphatic rings. The molecule has 0 aromatic heterocycles. The first-order valence-corrected chi connectivity index (χ1v) is 17.9. The highest BCUT2D eigenvalue weighted by Crippen LogP contribution is 2.08. The van der Waals surface area contributed by atoms with Gasteiger partial charge in [-0.05, 0) is 39.3 Å². The van der Waals surface area contributed by atoms with Crippen molar-refractivity contribution < 1.29 is 62.4 Å². The molecule has 0 saturated heterocycles. The molecule has 0 bridgehead atoms. The number of benzene rings is 1. The van der Waals surface area contributed by atoms with E-state index in [2.05, 4.69) is 6.92 Å². The van der Waals surface area contributed by atoms with Crippen LogP contribution in [0.1, 0.15) is 60.8 Å². The van der Waals surface area contributed by atoms with Gasteiger partial charge in [-0.1, -0.05) is 38.4 Å². The molecule has 47 heavy (non-hydrogen) atoms. The molecule has 13 nitrogen and oxygen atoms in total. The molecule has 1 aromatic rings. The molecule has 0 heterocycles. The van der Waals surface area contributed by atoms with Gasteiger partial charge in [-0.15, -0.1) is 0 Å². The molecule has 1 N–H and O–H groups in total. The number of hydrogen-bond donors (Lipinski definition) is 1. The molecule has 0 radical (unpaired) electrons. The summed E-state index contributed by atoms with van der Waals surface area (Å²) in [5.41, 5.74) is 1.07. The van der Waals surface area contributed by atoms with Crippen molar-refractivity contribution in [3.8, 4) is 0 Å². The molecule has 1 rings (SSSR count). The lowest BCUT2D eigenvalue weighted by molar-refractivity contribution is -0.145. The molecule has 14 heteroatoms. The summed E-state index contributed by atoms with van der Waals surface area (Å²) in [6.07, 6.45) is 2.80. The third kappa shape index (κ3) is 39.9. The van der Waals surface area contributed by atoms with E-state index in [1.807, 2.05) is 6.92 Å². The van der Waals surface area contributed by atoms with Crippen molar-refractivity contribution in [3.63, 3.8) is 0 Å². The number of carbonyl (C=O) groups is 2. The molecule has 278 valence electrons. The van der Waals surface area contributed by atoms with Crippen molar-refractivity contribution in [3.05, 3.63) is 29.8 Å². The van der Waals surface area contributed by atoms with Crippen LogP contribution in [0.3, 0.4) is 0 Å². The Morgan fingerprint density at radius 2 is 1.00 bits per heavy atom. The van der Waals surface area contributed by atoms with Gasteiger partial charge in [0.05, 0.1) is 110 Å². The highest BCUT2D eigenvalue weighted by atomic mass is 32.2. The minimum absolute atomic E-state index is 0.0248. The van der Waals surface area contributed by atoms with E-state index in [0.717, 1.165) is 18.6 Å². The molecule has 0 atom stereocenters. The fraction of sp³-hybridized carbons (Fsp3) is 0.758. The Morgan fingerprint density at radius 1 is 0.660 bits per heavy atom. The summed E-state index contributed by atoms with van der Waals surface area (Å²) >= 11 is 0. The van der Waals surface area contributed by atoms with Crippen LogP contribution in [0.2, 0.25) is 0 Å². The van der Waals surface area contributed by atoms with E-state index in [1.165, 1.54) is 6.26 Å². The van der Waals surface area contributed by atoms with Gasteiger partial charge in [-0.25, -0.2) is 8.42 Å². The summed E-state index contributed by atoms with van der Waals surface area (Å²) in [7, 11) is -3.02. The predicted molar refractivity (Wildman–Crippen MR) is 180 cm³/mol. The van der Waals surface area contributed by atoms with Crippen molar-refractivity contribution in [2.75, 3.05) is 105 Å². The number of ether oxygens (including phenoxy) is 8. The Kier molecular flexibility index (Phi) is 38.2. The number of esters is 2. The van der Waals surface area contributed by atoms with E-state index in [-0.39, 0.29) is 25.0 Å². The molecule has 1 aromatic carbocycles. The van der Waals surface area contributed by atoms with E-state index >= 15 is 0 Å². The lowest BCUT2D eigenvalue weighted by Crippen LogP contribution is -2.13. The van der Waals surface area contributed by atoms with Gasteiger partial charge in [0.15, 0.2) is 9.84 Å². The van der Waals surface area contributed by atoms with Crippen molar-refractivity contribution in [1.29, 1.82) is 0 Å². The van der Waals surface area contributed by atoms with Gasteiger partial charge in [0, 0.05) is 14.2 Å². The van der Waals surface area contributed by atoms with Crippen LogP contribution >= 0.6 is 0 Å². The zero-order chi connectivity index (χ0) is 36.7. The van der Waals surface area contributed by atoms with E-state index < -0.39 is 9.84 Å². The van der Waals surface area contributed by atoms with Crippen LogP contribution in [-0.4, -0.2) is 131 Å². The molecular formula is C33H62O13S. The third-order valence-electron chi connectivity index (χ3n) is 5.03. The minimum atomic E-state index is -3.02. The lowest BCUT2D eigenvalue weighted by Gasteiger charge is -2.06. The van der Waals surface area contributed by atoms with Gasteiger partial charge in [-0.3, -0.25) is 9.59 Å². The van der Waals surface area contributed by atoms with Gasteiger partial charge >= 0.3 is 11.9 Å². The minimum Gasteiger partial charge on any atom is -0.466 e. The smallest absolute Gasteiger partial charge is 0.308 e. The highest BCUT2D eigenvalue weighted by molar-refractivity contribution is 7.90. The quantitative estimate of drug-likeness (QED) is 0.116.